The molecule has 0 amide bonds. The quantitative estimate of drug-likeness (QED) is 0.693. The molecule has 1 aromatic rings. The van der Waals surface area contributed by atoms with E-state index in [9.17, 15) is 9.59 Å². The van der Waals surface area contributed by atoms with Crippen LogP contribution in [0.5, 0.6) is 0 Å². The Morgan fingerprint density at radius 3 is 2.47 bits per heavy atom. The van der Waals surface area contributed by atoms with Crippen molar-refractivity contribution in [2.45, 2.75) is 32.7 Å². The number of hydrogen-bond acceptors (Lipinski definition) is 3. The van der Waals surface area contributed by atoms with Crippen molar-refractivity contribution in [3.63, 3.8) is 0 Å². The third kappa shape index (κ3) is 5.09. The van der Waals surface area contributed by atoms with E-state index in [1.54, 1.807) is 0 Å². The molecule has 3 N–H and O–H groups in total. The Hall–Kier alpha value is -1.88. The van der Waals surface area contributed by atoms with E-state index in [2.05, 4.69) is 11.4 Å². The van der Waals surface area contributed by atoms with Crippen LogP contribution in [0.25, 0.3) is 0 Å². The zero-order valence-corrected chi connectivity index (χ0v) is 11.1. The summed E-state index contributed by atoms with van der Waals surface area (Å²) < 4.78 is 0. The van der Waals surface area contributed by atoms with Crippen molar-refractivity contribution in [1.82, 2.24) is 5.32 Å². The summed E-state index contributed by atoms with van der Waals surface area (Å²) in [5.74, 6) is -2.26. The van der Waals surface area contributed by atoms with Crippen molar-refractivity contribution in [2.75, 3.05) is 6.54 Å². The Labute approximate surface area is 112 Å². The Morgan fingerprint density at radius 2 is 1.95 bits per heavy atom. The molecular formula is C14H19NO4. The Bertz CT molecular complexity index is 471. The van der Waals surface area contributed by atoms with Crippen molar-refractivity contribution >= 4 is 11.9 Å². The first kappa shape index (κ1) is 15.2. The lowest BCUT2D eigenvalue weighted by Gasteiger charge is -2.13. The zero-order chi connectivity index (χ0) is 14.4. The predicted octanol–water partition coefficient (Wildman–Crippen LogP) is 1.36. The fourth-order valence-electron chi connectivity index (χ4n) is 1.93. The van der Waals surface area contributed by atoms with Crippen LogP contribution in [-0.4, -0.2) is 34.7 Å². The van der Waals surface area contributed by atoms with E-state index in [-0.39, 0.29) is 0 Å². The lowest BCUT2D eigenvalue weighted by atomic mass is 10.0. The zero-order valence-electron chi connectivity index (χ0n) is 11.1. The summed E-state index contributed by atoms with van der Waals surface area (Å²) in [6.07, 6.45) is 0.262. The molecule has 0 fully saturated rings. The number of hydrogen-bond donors (Lipinski definition) is 3. The molecule has 0 spiro atoms. The molecule has 0 bridgehead atoms. The van der Waals surface area contributed by atoms with Crippen LogP contribution < -0.4 is 5.32 Å². The van der Waals surface area contributed by atoms with E-state index >= 15 is 0 Å². The fraction of sp³-hybridized carbons (Fsp3) is 0.429. The van der Waals surface area contributed by atoms with Gasteiger partial charge in [0.2, 0.25) is 0 Å². The SMILES string of the molecule is Cc1ccc(CCNC(CC(=O)O)C(=O)O)c(C)c1. The molecule has 19 heavy (non-hydrogen) atoms. The fourth-order valence-corrected chi connectivity index (χ4v) is 1.93. The number of aryl methyl sites for hydroxylation is 2. The van der Waals surface area contributed by atoms with Crippen molar-refractivity contribution in [2.24, 2.45) is 0 Å². The lowest BCUT2D eigenvalue weighted by Crippen LogP contribution is -2.39. The third-order valence-corrected chi connectivity index (χ3v) is 2.96. The lowest BCUT2D eigenvalue weighted by molar-refractivity contribution is -0.145. The van der Waals surface area contributed by atoms with Gasteiger partial charge in [-0.05, 0) is 37.9 Å². The van der Waals surface area contributed by atoms with Crippen LogP contribution in [0.15, 0.2) is 18.2 Å². The average Bonchev–Trinajstić information content (AvgIpc) is 2.29. The standard InChI is InChI=1S/C14H19NO4/c1-9-3-4-11(10(2)7-9)5-6-15-12(14(18)19)8-13(16)17/h3-4,7,12,15H,5-6,8H2,1-2H3,(H,16,17)(H,18,19). The molecule has 1 aromatic carbocycles. The van der Waals surface area contributed by atoms with Gasteiger partial charge in [-0.15, -0.1) is 0 Å². The number of carboxylic acid groups (broad SMARTS) is 2. The van der Waals surface area contributed by atoms with Crippen LogP contribution in [-0.2, 0) is 16.0 Å². The highest BCUT2D eigenvalue weighted by Gasteiger charge is 2.19. The smallest absolute Gasteiger partial charge is 0.321 e. The van der Waals surface area contributed by atoms with E-state index in [0.29, 0.717) is 13.0 Å². The first-order chi connectivity index (χ1) is 8.90. The van der Waals surface area contributed by atoms with Gasteiger partial charge < -0.3 is 15.5 Å². The molecule has 5 nitrogen and oxygen atoms in total. The maximum atomic E-state index is 10.9. The molecule has 0 aliphatic carbocycles. The maximum absolute atomic E-state index is 10.9. The van der Waals surface area contributed by atoms with Gasteiger partial charge in [-0.2, -0.15) is 0 Å². The highest BCUT2D eigenvalue weighted by atomic mass is 16.4. The Morgan fingerprint density at radius 1 is 1.26 bits per heavy atom. The summed E-state index contributed by atoms with van der Waals surface area (Å²) in [7, 11) is 0. The van der Waals surface area contributed by atoms with Crippen molar-refractivity contribution in [3.05, 3.63) is 34.9 Å². The molecule has 1 rings (SSSR count). The molecule has 0 radical (unpaired) electrons. The van der Waals surface area contributed by atoms with E-state index in [0.717, 1.165) is 11.1 Å². The normalized spacial score (nSPS) is 12.1. The van der Waals surface area contributed by atoms with Gasteiger partial charge in [0.1, 0.15) is 6.04 Å². The van der Waals surface area contributed by atoms with Crippen LogP contribution in [0.2, 0.25) is 0 Å². The van der Waals surface area contributed by atoms with Crippen LogP contribution in [0, 0.1) is 13.8 Å². The summed E-state index contributed by atoms with van der Waals surface area (Å²) in [5, 5.41) is 20.3. The average molecular weight is 265 g/mol. The molecular weight excluding hydrogens is 246 g/mol. The molecule has 104 valence electrons. The van der Waals surface area contributed by atoms with E-state index in [1.807, 2.05) is 26.0 Å². The molecule has 0 heterocycles. The minimum Gasteiger partial charge on any atom is -0.481 e. The molecule has 0 aromatic heterocycles. The number of carboxylic acids is 2. The molecule has 1 atom stereocenters. The van der Waals surface area contributed by atoms with Gasteiger partial charge in [0.25, 0.3) is 0 Å². The molecule has 0 aliphatic rings. The predicted molar refractivity (Wildman–Crippen MR) is 71.3 cm³/mol. The van der Waals surface area contributed by atoms with Crippen molar-refractivity contribution in [1.29, 1.82) is 0 Å². The number of benzene rings is 1. The van der Waals surface area contributed by atoms with E-state index < -0.39 is 24.4 Å². The maximum Gasteiger partial charge on any atom is 0.321 e. The number of carbonyl (C=O) groups is 2. The molecule has 5 heteroatoms. The number of rotatable bonds is 7. The minimum absolute atomic E-state index is 0.414. The second kappa shape index (κ2) is 6.89. The first-order valence-corrected chi connectivity index (χ1v) is 6.14. The summed E-state index contributed by atoms with van der Waals surface area (Å²) >= 11 is 0. The van der Waals surface area contributed by atoms with E-state index in [1.165, 1.54) is 5.56 Å². The Balaban J connectivity index is 2.52. The van der Waals surface area contributed by atoms with Gasteiger partial charge in [0.15, 0.2) is 0 Å². The van der Waals surface area contributed by atoms with E-state index in [4.69, 9.17) is 10.2 Å². The molecule has 1 unspecified atom stereocenters. The highest BCUT2D eigenvalue weighted by molar-refractivity contribution is 5.80. The van der Waals surface area contributed by atoms with Gasteiger partial charge in [0, 0.05) is 0 Å². The minimum atomic E-state index is -1.14. The van der Waals surface area contributed by atoms with Gasteiger partial charge in [0.05, 0.1) is 6.42 Å². The van der Waals surface area contributed by atoms with Crippen LogP contribution >= 0.6 is 0 Å². The highest BCUT2D eigenvalue weighted by Crippen LogP contribution is 2.10. The van der Waals surface area contributed by atoms with Crippen LogP contribution in [0.3, 0.4) is 0 Å². The second-order valence-electron chi connectivity index (χ2n) is 4.62. The molecule has 0 saturated carbocycles. The van der Waals surface area contributed by atoms with Crippen molar-refractivity contribution < 1.29 is 19.8 Å². The first-order valence-electron chi connectivity index (χ1n) is 6.14. The third-order valence-electron chi connectivity index (χ3n) is 2.96. The molecule has 0 aliphatic heterocycles. The largest absolute Gasteiger partial charge is 0.481 e. The van der Waals surface area contributed by atoms with Gasteiger partial charge >= 0.3 is 11.9 Å². The summed E-state index contributed by atoms with van der Waals surface area (Å²) in [6, 6.07) is 5.05. The van der Waals surface area contributed by atoms with Gasteiger partial charge in [-0.1, -0.05) is 23.8 Å². The second-order valence-corrected chi connectivity index (χ2v) is 4.62. The summed E-state index contributed by atoms with van der Waals surface area (Å²) in [4.78, 5) is 21.4. The van der Waals surface area contributed by atoms with Crippen LogP contribution in [0.1, 0.15) is 23.1 Å². The number of nitrogens with one attached hydrogen (secondary N) is 1. The topological polar surface area (TPSA) is 86.6 Å². The Kier molecular flexibility index (Phi) is 5.51. The van der Waals surface area contributed by atoms with Gasteiger partial charge in [-0.25, -0.2) is 0 Å². The summed E-state index contributed by atoms with van der Waals surface area (Å²) in [6.45, 7) is 4.46. The summed E-state index contributed by atoms with van der Waals surface area (Å²) in [5.41, 5.74) is 3.48. The monoisotopic (exact) mass is 265 g/mol. The van der Waals surface area contributed by atoms with Crippen LogP contribution in [0.4, 0.5) is 0 Å². The van der Waals surface area contributed by atoms with Gasteiger partial charge in [-0.3, -0.25) is 9.59 Å². The van der Waals surface area contributed by atoms with Crippen molar-refractivity contribution in [3.8, 4) is 0 Å². The number of aliphatic carboxylic acids is 2. The molecule has 0 saturated heterocycles.